The highest BCUT2D eigenvalue weighted by Crippen LogP contribution is 2.40. The summed E-state index contributed by atoms with van der Waals surface area (Å²) in [5, 5.41) is 19.8. The molecule has 2 aromatic rings. The van der Waals surface area contributed by atoms with Crippen molar-refractivity contribution in [2.75, 3.05) is 0 Å². The number of aromatic nitrogens is 2. The van der Waals surface area contributed by atoms with Gasteiger partial charge in [-0.15, -0.1) is 0 Å². The zero-order chi connectivity index (χ0) is 15.2. The number of hydrogen-bond acceptors (Lipinski definition) is 4. The lowest BCUT2D eigenvalue weighted by Gasteiger charge is -2.49. The summed E-state index contributed by atoms with van der Waals surface area (Å²) in [6, 6.07) is 6.76. The number of hydrogen-bond donors (Lipinski definition) is 3. The SMILES string of the molecule is CC1(C)C(O)CC1NC(=O)c1n[nH]c(=O)c2ccccc12. The first-order valence-corrected chi connectivity index (χ1v) is 6.87. The Kier molecular flexibility index (Phi) is 3.06. The number of carbonyl (C=O) groups excluding carboxylic acids is 1. The zero-order valence-corrected chi connectivity index (χ0v) is 11.9. The quantitative estimate of drug-likeness (QED) is 0.762. The fourth-order valence-electron chi connectivity index (χ4n) is 2.66. The molecule has 0 radical (unpaired) electrons. The lowest BCUT2D eigenvalue weighted by atomic mass is 9.64. The molecule has 0 spiro atoms. The van der Waals surface area contributed by atoms with Crippen LogP contribution in [0.4, 0.5) is 0 Å². The van der Waals surface area contributed by atoms with Gasteiger partial charge in [-0.2, -0.15) is 5.10 Å². The van der Waals surface area contributed by atoms with Crippen LogP contribution in [0.5, 0.6) is 0 Å². The largest absolute Gasteiger partial charge is 0.392 e. The molecular formula is C15H17N3O3. The van der Waals surface area contributed by atoms with Crippen LogP contribution < -0.4 is 10.9 Å². The molecule has 1 amide bonds. The molecule has 3 rings (SSSR count). The van der Waals surface area contributed by atoms with Crippen LogP contribution in [0.15, 0.2) is 29.1 Å². The van der Waals surface area contributed by atoms with Gasteiger partial charge in [-0.3, -0.25) is 9.59 Å². The molecule has 3 N–H and O–H groups in total. The molecule has 1 aliphatic rings. The number of benzene rings is 1. The van der Waals surface area contributed by atoms with Crippen LogP contribution in [0, 0.1) is 5.41 Å². The highest BCUT2D eigenvalue weighted by Gasteiger charge is 2.48. The predicted octanol–water partition coefficient (Wildman–Crippen LogP) is 0.812. The maximum Gasteiger partial charge on any atom is 0.272 e. The smallest absolute Gasteiger partial charge is 0.272 e. The van der Waals surface area contributed by atoms with Crippen LogP contribution >= 0.6 is 0 Å². The molecule has 110 valence electrons. The summed E-state index contributed by atoms with van der Waals surface area (Å²) in [6.07, 6.45) is 0.114. The van der Waals surface area contributed by atoms with E-state index in [9.17, 15) is 14.7 Å². The molecule has 2 atom stereocenters. The van der Waals surface area contributed by atoms with Gasteiger partial charge in [0, 0.05) is 16.8 Å². The molecule has 6 heteroatoms. The van der Waals surface area contributed by atoms with Gasteiger partial charge in [0.1, 0.15) is 0 Å². The van der Waals surface area contributed by atoms with E-state index in [0.29, 0.717) is 17.2 Å². The topological polar surface area (TPSA) is 95.1 Å². The van der Waals surface area contributed by atoms with Gasteiger partial charge in [0.25, 0.3) is 11.5 Å². The fourth-order valence-corrected chi connectivity index (χ4v) is 2.66. The van der Waals surface area contributed by atoms with Crippen LogP contribution in [-0.4, -0.2) is 33.4 Å². The summed E-state index contributed by atoms with van der Waals surface area (Å²) < 4.78 is 0. The number of H-pyrrole nitrogens is 1. The van der Waals surface area contributed by atoms with Gasteiger partial charge >= 0.3 is 0 Å². The van der Waals surface area contributed by atoms with E-state index in [1.54, 1.807) is 24.3 Å². The van der Waals surface area contributed by atoms with Crippen LogP contribution in [-0.2, 0) is 0 Å². The van der Waals surface area contributed by atoms with Gasteiger partial charge < -0.3 is 10.4 Å². The Labute approximate surface area is 121 Å². The molecule has 1 aliphatic carbocycles. The maximum absolute atomic E-state index is 12.4. The van der Waals surface area contributed by atoms with Gasteiger partial charge in [0.15, 0.2) is 5.69 Å². The summed E-state index contributed by atoms with van der Waals surface area (Å²) in [6.45, 7) is 3.81. The molecule has 2 unspecified atom stereocenters. The van der Waals surface area contributed by atoms with Crippen molar-refractivity contribution in [1.82, 2.24) is 15.5 Å². The molecule has 0 aliphatic heterocycles. The van der Waals surface area contributed by atoms with E-state index in [4.69, 9.17) is 0 Å². The number of amides is 1. The number of carbonyl (C=O) groups is 1. The number of aromatic amines is 1. The van der Waals surface area contributed by atoms with E-state index < -0.39 is 6.10 Å². The van der Waals surface area contributed by atoms with Crippen LogP contribution in [0.2, 0.25) is 0 Å². The molecule has 21 heavy (non-hydrogen) atoms. The molecule has 1 aromatic carbocycles. The number of nitrogens with one attached hydrogen (secondary N) is 2. The third-order valence-corrected chi connectivity index (χ3v) is 4.43. The van der Waals surface area contributed by atoms with Crippen molar-refractivity contribution >= 4 is 16.7 Å². The average Bonchev–Trinajstić information content (AvgIpc) is 2.47. The van der Waals surface area contributed by atoms with E-state index in [0.717, 1.165) is 0 Å². The molecule has 0 bridgehead atoms. The Balaban J connectivity index is 1.93. The standard InChI is InChI=1S/C15H17N3O3/c1-15(2)10(7-11(15)19)16-14(21)12-8-5-3-4-6-9(8)13(20)18-17-12/h3-6,10-11,19H,7H2,1-2H3,(H,16,21)(H,18,20). The highest BCUT2D eigenvalue weighted by molar-refractivity contribution is 6.04. The van der Waals surface area contributed by atoms with Gasteiger partial charge in [0.05, 0.1) is 11.5 Å². The minimum absolute atomic E-state index is 0.104. The summed E-state index contributed by atoms with van der Waals surface area (Å²) in [5.41, 5.74) is -0.475. The molecule has 1 fully saturated rings. The number of fused-ring (bicyclic) bond motifs is 1. The summed E-state index contributed by atoms with van der Waals surface area (Å²) in [5.74, 6) is -0.340. The molecule has 1 aromatic heterocycles. The molecule has 0 saturated heterocycles. The zero-order valence-electron chi connectivity index (χ0n) is 11.9. The number of aliphatic hydroxyl groups is 1. The second kappa shape index (κ2) is 4.66. The van der Waals surface area contributed by atoms with Crippen LogP contribution in [0.1, 0.15) is 30.8 Å². The Bertz CT molecular complexity index is 766. The number of rotatable bonds is 2. The number of nitrogens with zero attached hydrogens (tertiary/aromatic N) is 1. The maximum atomic E-state index is 12.4. The second-order valence-corrected chi connectivity index (χ2v) is 6.05. The highest BCUT2D eigenvalue weighted by atomic mass is 16.3. The van der Waals surface area contributed by atoms with Gasteiger partial charge in [-0.25, -0.2) is 5.10 Å². The lowest BCUT2D eigenvalue weighted by Crippen LogP contribution is -2.61. The third kappa shape index (κ3) is 2.12. The first-order valence-electron chi connectivity index (χ1n) is 6.87. The average molecular weight is 287 g/mol. The second-order valence-electron chi connectivity index (χ2n) is 6.05. The minimum Gasteiger partial charge on any atom is -0.392 e. The van der Waals surface area contributed by atoms with Crippen molar-refractivity contribution < 1.29 is 9.90 Å². The van der Waals surface area contributed by atoms with Crippen molar-refractivity contribution in [3.63, 3.8) is 0 Å². The molecule has 1 saturated carbocycles. The molecular weight excluding hydrogens is 270 g/mol. The van der Waals surface area contributed by atoms with E-state index in [1.807, 2.05) is 13.8 Å². The van der Waals surface area contributed by atoms with Gasteiger partial charge in [0.2, 0.25) is 0 Å². The van der Waals surface area contributed by atoms with Crippen LogP contribution in [0.25, 0.3) is 10.8 Å². The third-order valence-electron chi connectivity index (χ3n) is 4.43. The normalized spacial score (nSPS) is 23.6. The summed E-state index contributed by atoms with van der Waals surface area (Å²) >= 11 is 0. The van der Waals surface area contributed by atoms with Crippen molar-refractivity contribution in [1.29, 1.82) is 0 Å². The summed E-state index contributed by atoms with van der Waals surface area (Å²) in [4.78, 5) is 24.1. The van der Waals surface area contributed by atoms with Crippen molar-refractivity contribution in [3.8, 4) is 0 Å². The summed E-state index contributed by atoms with van der Waals surface area (Å²) in [7, 11) is 0. The fraction of sp³-hybridized carbons (Fsp3) is 0.400. The van der Waals surface area contributed by atoms with Crippen LogP contribution in [0.3, 0.4) is 0 Å². The van der Waals surface area contributed by atoms with Gasteiger partial charge in [-0.05, 0) is 12.5 Å². The van der Waals surface area contributed by atoms with Gasteiger partial charge in [-0.1, -0.05) is 32.0 Å². The van der Waals surface area contributed by atoms with E-state index >= 15 is 0 Å². The Morgan fingerprint density at radius 1 is 1.38 bits per heavy atom. The van der Waals surface area contributed by atoms with E-state index in [-0.39, 0.29) is 28.6 Å². The molecule has 1 heterocycles. The minimum atomic E-state index is -0.414. The predicted molar refractivity (Wildman–Crippen MR) is 78.0 cm³/mol. The van der Waals surface area contributed by atoms with Crippen molar-refractivity contribution in [2.45, 2.75) is 32.4 Å². The number of aliphatic hydroxyl groups excluding tert-OH is 1. The first-order chi connectivity index (χ1) is 9.91. The monoisotopic (exact) mass is 287 g/mol. The van der Waals surface area contributed by atoms with E-state index in [2.05, 4.69) is 15.5 Å². The Morgan fingerprint density at radius 3 is 2.67 bits per heavy atom. The lowest BCUT2D eigenvalue weighted by molar-refractivity contribution is -0.0689. The first kappa shape index (κ1) is 13.8. The Morgan fingerprint density at radius 2 is 2.05 bits per heavy atom. The van der Waals surface area contributed by atoms with E-state index in [1.165, 1.54) is 0 Å². The van der Waals surface area contributed by atoms with Crippen molar-refractivity contribution in [3.05, 3.63) is 40.3 Å². The van der Waals surface area contributed by atoms with Crippen molar-refractivity contribution in [2.24, 2.45) is 5.41 Å². The molecule has 6 nitrogen and oxygen atoms in total. The Hall–Kier alpha value is -2.21.